The van der Waals surface area contributed by atoms with Crippen molar-refractivity contribution < 1.29 is 5.11 Å². The maximum absolute atomic E-state index is 7.00. The molecule has 0 saturated carbocycles. The van der Waals surface area contributed by atoms with Crippen LogP contribution in [0.3, 0.4) is 0 Å². The van der Waals surface area contributed by atoms with Crippen LogP contribution in [-0.2, 0) is 0 Å². The Hall–Kier alpha value is -1.30. The van der Waals surface area contributed by atoms with E-state index in [0.717, 1.165) is 37.2 Å². The van der Waals surface area contributed by atoms with Crippen LogP contribution in [0.4, 0.5) is 0 Å². The van der Waals surface area contributed by atoms with Crippen LogP contribution in [0.25, 0.3) is 0 Å². The van der Waals surface area contributed by atoms with Gasteiger partial charge in [0, 0.05) is 43.2 Å². The zero-order valence-corrected chi connectivity index (χ0v) is 19.9. The average Bonchev–Trinajstić information content (AvgIpc) is 2.71. The summed E-state index contributed by atoms with van der Waals surface area (Å²) in [6.45, 7) is 13.7. The van der Waals surface area contributed by atoms with E-state index in [0.29, 0.717) is 0 Å². The predicted octanol–water partition coefficient (Wildman–Crippen LogP) is 6.36. The van der Waals surface area contributed by atoms with Crippen molar-refractivity contribution in [1.82, 2.24) is 9.80 Å². The van der Waals surface area contributed by atoms with Gasteiger partial charge in [-0.3, -0.25) is 0 Å². The lowest BCUT2D eigenvalue weighted by Crippen LogP contribution is -2.19. The van der Waals surface area contributed by atoms with Crippen LogP contribution in [0.15, 0.2) is 71.1 Å². The highest BCUT2D eigenvalue weighted by Gasteiger charge is 2.12. The van der Waals surface area contributed by atoms with E-state index >= 15 is 0 Å². The van der Waals surface area contributed by atoms with Gasteiger partial charge in [-0.2, -0.15) is 0 Å². The number of aliphatic hydroxyl groups excluding tert-OH is 1. The van der Waals surface area contributed by atoms with Crippen LogP contribution in [0.2, 0.25) is 0 Å². The van der Waals surface area contributed by atoms with E-state index < -0.39 is 0 Å². The Morgan fingerprint density at radius 3 is 2.64 bits per heavy atom. The van der Waals surface area contributed by atoms with E-state index in [2.05, 4.69) is 73.7 Å². The van der Waals surface area contributed by atoms with Gasteiger partial charge in [0.25, 0.3) is 0 Å². The molecule has 5 heteroatoms. The lowest BCUT2D eigenvalue weighted by molar-refractivity contribution is 0.399. The van der Waals surface area contributed by atoms with Crippen molar-refractivity contribution in [3.63, 3.8) is 0 Å². The first-order valence-electron chi connectivity index (χ1n) is 9.76. The fourth-order valence-electron chi connectivity index (χ4n) is 2.52. The van der Waals surface area contributed by atoms with Gasteiger partial charge in [-0.1, -0.05) is 44.7 Å². The van der Waals surface area contributed by atoms with Gasteiger partial charge in [0.2, 0.25) is 0 Å². The third-order valence-electron chi connectivity index (χ3n) is 4.09. The zero-order valence-electron chi connectivity index (χ0n) is 18.3. The smallest absolute Gasteiger partial charge is 0.0793 e. The van der Waals surface area contributed by atoms with E-state index in [1.54, 1.807) is 11.8 Å². The molecule has 0 amide bonds. The van der Waals surface area contributed by atoms with Crippen molar-refractivity contribution in [1.29, 1.82) is 0 Å². The van der Waals surface area contributed by atoms with Gasteiger partial charge in [-0.15, -0.1) is 23.5 Å². The highest BCUT2D eigenvalue weighted by atomic mass is 32.2. The third-order valence-corrected chi connectivity index (χ3v) is 6.06. The molecule has 0 bridgehead atoms. The van der Waals surface area contributed by atoms with Gasteiger partial charge in [0.05, 0.1) is 5.03 Å². The Balaban J connectivity index is 0.00000352. The molecule has 1 aliphatic heterocycles. The summed E-state index contributed by atoms with van der Waals surface area (Å²) in [5, 5.41) is 8.25. The third kappa shape index (κ3) is 9.76. The summed E-state index contributed by atoms with van der Waals surface area (Å²) in [6, 6.07) is 0. The van der Waals surface area contributed by atoms with Crippen molar-refractivity contribution >= 4 is 23.5 Å². The average molecular weight is 423 g/mol. The van der Waals surface area contributed by atoms with Gasteiger partial charge in [-0.05, 0) is 50.3 Å². The summed E-state index contributed by atoms with van der Waals surface area (Å²) >= 11 is 3.69. The molecule has 1 heterocycles. The topological polar surface area (TPSA) is 26.7 Å². The first-order chi connectivity index (χ1) is 13.5. The van der Waals surface area contributed by atoms with Crippen molar-refractivity contribution in [3.05, 3.63) is 71.1 Å². The normalized spacial score (nSPS) is 14.1. The fourth-order valence-corrected chi connectivity index (χ4v) is 4.25. The maximum Gasteiger partial charge on any atom is 0.0793 e. The number of nitrogens with zero attached hydrogens (tertiary/aromatic N) is 2. The molecule has 0 aromatic heterocycles. The number of rotatable bonds is 12. The lowest BCUT2D eigenvalue weighted by Gasteiger charge is -2.26. The molecular formula is C23H38N2OS2. The molecule has 0 saturated heterocycles. The summed E-state index contributed by atoms with van der Waals surface area (Å²) in [5.74, 6) is 1.11. The van der Waals surface area contributed by atoms with Gasteiger partial charge in [-0.25, -0.2) is 0 Å². The fraction of sp³-hybridized carbons (Fsp3) is 0.478. The molecule has 1 aliphatic rings. The second kappa shape index (κ2) is 16.6. The Bertz CT molecular complexity index is 591. The number of allylic oxidation sites excluding steroid dienone is 5. The molecule has 0 spiro atoms. The summed E-state index contributed by atoms with van der Waals surface area (Å²) in [4.78, 5) is 5.75. The minimum absolute atomic E-state index is 1.00. The SMILES string of the molecule is C=C(/C(=C/CCC)SC)N(C)CCCCSC1=CC=CC(=C)N1/C=C\C.CO. The minimum atomic E-state index is 1.00. The number of hydrogen-bond donors (Lipinski definition) is 1. The molecular weight excluding hydrogens is 384 g/mol. The lowest BCUT2D eigenvalue weighted by atomic mass is 10.2. The highest BCUT2D eigenvalue weighted by Crippen LogP contribution is 2.29. The molecule has 1 rings (SSSR count). The Kier molecular flexibility index (Phi) is 15.9. The van der Waals surface area contributed by atoms with Crippen molar-refractivity contribution in [3.8, 4) is 0 Å². The number of hydrogen-bond acceptors (Lipinski definition) is 5. The molecule has 3 nitrogen and oxygen atoms in total. The number of unbranched alkanes of at least 4 members (excludes halogenated alkanes) is 2. The largest absolute Gasteiger partial charge is 0.400 e. The van der Waals surface area contributed by atoms with Crippen LogP contribution in [0.1, 0.15) is 39.5 Å². The first kappa shape index (κ1) is 26.7. The minimum Gasteiger partial charge on any atom is -0.400 e. The molecule has 0 unspecified atom stereocenters. The molecule has 0 radical (unpaired) electrons. The number of thioether (sulfide) groups is 2. The van der Waals surface area contributed by atoms with Crippen molar-refractivity contribution in [2.45, 2.75) is 39.5 Å². The number of likely N-dealkylation sites (N-methyl/N-ethyl adjacent to an activating group) is 1. The molecule has 0 atom stereocenters. The predicted molar refractivity (Wildman–Crippen MR) is 131 cm³/mol. The Morgan fingerprint density at radius 2 is 2.04 bits per heavy atom. The molecule has 0 fully saturated rings. The number of aliphatic hydroxyl groups is 1. The van der Waals surface area contributed by atoms with Gasteiger partial charge in [0.1, 0.15) is 0 Å². The van der Waals surface area contributed by atoms with Gasteiger partial charge >= 0.3 is 0 Å². The molecule has 0 aromatic rings. The Morgan fingerprint density at radius 1 is 1.32 bits per heavy atom. The van der Waals surface area contributed by atoms with E-state index in [9.17, 15) is 0 Å². The van der Waals surface area contributed by atoms with E-state index in [1.165, 1.54) is 29.2 Å². The van der Waals surface area contributed by atoms with Gasteiger partial charge < -0.3 is 14.9 Å². The summed E-state index contributed by atoms with van der Waals surface area (Å²) < 4.78 is 0. The van der Waals surface area contributed by atoms with Gasteiger partial charge in [0.15, 0.2) is 0 Å². The van der Waals surface area contributed by atoms with Crippen LogP contribution in [0, 0.1) is 0 Å². The summed E-state index contributed by atoms with van der Waals surface area (Å²) in [7, 11) is 3.15. The molecule has 0 aliphatic carbocycles. The standard InChI is InChI=1S/C22H34N2S2.CH4O/c1-7-9-14-21(25-6)20(4)23(5)17-10-11-18-26-22-15-12-13-19(3)24(22)16-8-2;1-2/h8,12-16H,3-4,7,9-11,17-18H2,1-2,5-6H3;2H,1H3/b16-8-,21-14-;. The molecule has 28 heavy (non-hydrogen) atoms. The highest BCUT2D eigenvalue weighted by molar-refractivity contribution is 8.03. The van der Waals surface area contributed by atoms with Crippen LogP contribution < -0.4 is 0 Å². The second-order valence-electron chi connectivity index (χ2n) is 6.19. The molecule has 158 valence electrons. The van der Waals surface area contributed by atoms with Crippen molar-refractivity contribution in [2.75, 3.05) is 32.7 Å². The Labute approximate surface area is 181 Å². The first-order valence-corrected chi connectivity index (χ1v) is 12.0. The van der Waals surface area contributed by atoms with Crippen molar-refractivity contribution in [2.24, 2.45) is 0 Å². The van der Waals surface area contributed by atoms with E-state index in [-0.39, 0.29) is 0 Å². The second-order valence-corrected chi connectivity index (χ2v) is 8.16. The van der Waals surface area contributed by atoms with Crippen LogP contribution in [-0.4, -0.2) is 47.6 Å². The van der Waals surface area contributed by atoms with E-state index in [1.807, 2.05) is 24.8 Å². The van der Waals surface area contributed by atoms with Crippen LogP contribution in [0.5, 0.6) is 0 Å². The zero-order chi connectivity index (χ0) is 21.4. The monoisotopic (exact) mass is 422 g/mol. The molecule has 0 aromatic carbocycles. The van der Waals surface area contributed by atoms with Crippen LogP contribution >= 0.6 is 23.5 Å². The summed E-state index contributed by atoms with van der Waals surface area (Å²) in [5.41, 5.74) is 2.17. The van der Waals surface area contributed by atoms with E-state index in [4.69, 9.17) is 5.11 Å². The maximum atomic E-state index is 7.00. The molecule has 1 N–H and O–H groups in total. The quantitative estimate of drug-likeness (QED) is 0.292. The summed E-state index contributed by atoms with van der Waals surface area (Å²) in [6.07, 6.45) is 19.5.